The summed E-state index contributed by atoms with van der Waals surface area (Å²) in [6.07, 6.45) is 1.52. The minimum Gasteiger partial charge on any atom is -0.326 e. The molecule has 0 aliphatic carbocycles. The Balaban J connectivity index is 2.18. The third-order valence-corrected chi connectivity index (χ3v) is 3.13. The van der Waals surface area contributed by atoms with Gasteiger partial charge in [0.05, 0.1) is 28.2 Å². The van der Waals surface area contributed by atoms with Gasteiger partial charge in [-0.1, -0.05) is 0 Å². The molecule has 0 atom stereocenters. The Labute approximate surface area is 115 Å². The molecule has 1 aromatic carbocycles. The van der Waals surface area contributed by atoms with Crippen LogP contribution in [0, 0.1) is 22.7 Å². The molecule has 3 aromatic rings. The van der Waals surface area contributed by atoms with E-state index in [0.29, 0.717) is 22.6 Å². The molecule has 0 N–H and O–H groups in total. The molecule has 0 spiro atoms. The molecule has 0 fully saturated rings. The third-order valence-electron chi connectivity index (χ3n) is 3.13. The van der Waals surface area contributed by atoms with E-state index in [-0.39, 0.29) is 0 Å². The standard InChI is InChI=1S/C15H9N5/c1-20-14-5-3-10(7-16)6-13(14)19-15(20)12-4-2-11(8-17)9-18-12/h2-6,9H,1H3. The van der Waals surface area contributed by atoms with Crippen molar-refractivity contribution in [1.82, 2.24) is 14.5 Å². The minimum atomic E-state index is 0.513. The SMILES string of the molecule is Cn1c(-c2ccc(C#N)cn2)nc2cc(C#N)ccc21. The molecule has 20 heavy (non-hydrogen) atoms. The van der Waals surface area contributed by atoms with Gasteiger partial charge in [0.25, 0.3) is 0 Å². The fourth-order valence-corrected chi connectivity index (χ4v) is 2.09. The largest absolute Gasteiger partial charge is 0.326 e. The predicted octanol–water partition coefficient (Wildman–Crippen LogP) is 2.38. The second-order valence-electron chi connectivity index (χ2n) is 4.35. The Morgan fingerprint density at radius 1 is 1.05 bits per heavy atom. The Morgan fingerprint density at radius 2 is 1.80 bits per heavy atom. The summed E-state index contributed by atoms with van der Waals surface area (Å²) in [5.41, 5.74) is 3.48. The predicted molar refractivity (Wildman–Crippen MR) is 73.4 cm³/mol. The molecule has 3 rings (SSSR count). The smallest absolute Gasteiger partial charge is 0.159 e. The number of fused-ring (bicyclic) bond motifs is 1. The van der Waals surface area contributed by atoms with Crippen LogP contribution in [-0.4, -0.2) is 14.5 Å². The van der Waals surface area contributed by atoms with Crippen LogP contribution in [0.2, 0.25) is 0 Å². The van der Waals surface area contributed by atoms with E-state index in [2.05, 4.69) is 16.0 Å². The van der Waals surface area contributed by atoms with Crippen molar-refractivity contribution < 1.29 is 0 Å². The Morgan fingerprint density at radius 3 is 2.45 bits per heavy atom. The molecule has 5 nitrogen and oxygen atoms in total. The average molecular weight is 259 g/mol. The number of aryl methyl sites for hydroxylation is 1. The van der Waals surface area contributed by atoms with Crippen molar-refractivity contribution >= 4 is 11.0 Å². The van der Waals surface area contributed by atoms with Gasteiger partial charge in [0.15, 0.2) is 5.82 Å². The molecule has 0 unspecified atom stereocenters. The highest BCUT2D eigenvalue weighted by Crippen LogP contribution is 2.23. The molecule has 0 aliphatic rings. The summed E-state index contributed by atoms with van der Waals surface area (Å²) in [5.74, 6) is 0.708. The van der Waals surface area contributed by atoms with Crippen molar-refractivity contribution in [2.45, 2.75) is 0 Å². The number of benzene rings is 1. The maximum atomic E-state index is 8.92. The first-order chi connectivity index (χ1) is 9.72. The third kappa shape index (κ3) is 1.79. The molecule has 94 valence electrons. The van der Waals surface area contributed by atoms with Gasteiger partial charge >= 0.3 is 0 Å². The normalized spacial score (nSPS) is 10.2. The van der Waals surface area contributed by atoms with Crippen LogP contribution >= 0.6 is 0 Å². The fraction of sp³-hybridized carbons (Fsp3) is 0.0667. The van der Waals surface area contributed by atoms with E-state index in [1.807, 2.05) is 23.8 Å². The number of nitriles is 2. The lowest BCUT2D eigenvalue weighted by Gasteiger charge is -2.01. The molecule has 0 saturated heterocycles. The van der Waals surface area contributed by atoms with Gasteiger partial charge in [-0.15, -0.1) is 0 Å². The molecule has 0 aliphatic heterocycles. The van der Waals surface area contributed by atoms with Gasteiger partial charge in [-0.2, -0.15) is 10.5 Å². The molecule has 0 amide bonds. The maximum absolute atomic E-state index is 8.92. The lowest BCUT2D eigenvalue weighted by Crippen LogP contribution is -1.94. The zero-order chi connectivity index (χ0) is 14.1. The van der Waals surface area contributed by atoms with Gasteiger partial charge in [0.1, 0.15) is 11.8 Å². The van der Waals surface area contributed by atoms with Crippen molar-refractivity contribution in [2.75, 3.05) is 0 Å². The quantitative estimate of drug-likeness (QED) is 0.672. The summed E-state index contributed by atoms with van der Waals surface area (Å²) in [4.78, 5) is 8.76. The number of rotatable bonds is 1. The van der Waals surface area contributed by atoms with Crippen molar-refractivity contribution in [3.05, 3.63) is 47.7 Å². The maximum Gasteiger partial charge on any atom is 0.159 e. The summed E-state index contributed by atoms with van der Waals surface area (Å²) < 4.78 is 1.92. The molecule has 2 aromatic heterocycles. The summed E-state index contributed by atoms with van der Waals surface area (Å²) in [5, 5.41) is 17.7. The van der Waals surface area contributed by atoms with Crippen LogP contribution in [-0.2, 0) is 7.05 Å². The molecule has 0 saturated carbocycles. The highest BCUT2D eigenvalue weighted by atomic mass is 15.1. The molecule has 5 heteroatoms. The summed E-state index contributed by atoms with van der Waals surface area (Å²) in [6.45, 7) is 0. The van der Waals surface area contributed by atoms with Gasteiger partial charge in [-0.05, 0) is 30.3 Å². The molecular weight excluding hydrogens is 250 g/mol. The Kier molecular flexibility index (Phi) is 2.67. The van der Waals surface area contributed by atoms with Crippen LogP contribution in [0.15, 0.2) is 36.5 Å². The van der Waals surface area contributed by atoms with E-state index in [1.165, 1.54) is 6.20 Å². The monoisotopic (exact) mass is 259 g/mol. The van der Waals surface area contributed by atoms with Crippen LogP contribution in [0.5, 0.6) is 0 Å². The van der Waals surface area contributed by atoms with E-state index in [0.717, 1.165) is 11.0 Å². The van der Waals surface area contributed by atoms with Crippen molar-refractivity contribution in [3.63, 3.8) is 0 Å². The number of hydrogen-bond donors (Lipinski definition) is 0. The van der Waals surface area contributed by atoms with Gasteiger partial charge in [0.2, 0.25) is 0 Å². The van der Waals surface area contributed by atoms with Crippen LogP contribution in [0.4, 0.5) is 0 Å². The molecule has 0 radical (unpaired) electrons. The summed E-state index contributed by atoms with van der Waals surface area (Å²) in [6, 6.07) is 13.0. The number of pyridine rings is 1. The average Bonchev–Trinajstić information content (AvgIpc) is 2.84. The number of imidazole rings is 1. The van der Waals surface area contributed by atoms with Gasteiger partial charge in [-0.25, -0.2) is 4.98 Å². The van der Waals surface area contributed by atoms with Gasteiger partial charge in [0, 0.05) is 13.2 Å². The topological polar surface area (TPSA) is 78.3 Å². The first kappa shape index (κ1) is 11.9. The minimum absolute atomic E-state index is 0.513. The molecule has 0 bridgehead atoms. The van der Waals surface area contributed by atoms with Crippen LogP contribution in [0.3, 0.4) is 0 Å². The second-order valence-corrected chi connectivity index (χ2v) is 4.35. The van der Waals surface area contributed by atoms with E-state index >= 15 is 0 Å². The van der Waals surface area contributed by atoms with E-state index in [9.17, 15) is 0 Å². The lowest BCUT2D eigenvalue weighted by molar-refractivity contribution is 0.950. The summed E-state index contributed by atoms with van der Waals surface area (Å²) >= 11 is 0. The van der Waals surface area contributed by atoms with Gasteiger partial charge in [-0.3, -0.25) is 4.98 Å². The second kappa shape index (κ2) is 4.49. The van der Waals surface area contributed by atoms with Crippen molar-refractivity contribution in [2.24, 2.45) is 7.05 Å². The number of nitrogens with zero attached hydrogens (tertiary/aromatic N) is 5. The van der Waals surface area contributed by atoms with Crippen LogP contribution in [0.1, 0.15) is 11.1 Å². The van der Waals surface area contributed by atoms with E-state index < -0.39 is 0 Å². The Bertz CT molecular complexity index is 875. The van der Waals surface area contributed by atoms with E-state index in [1.54, 1.807) is 24.3 Å². The first-order valence-corrected chi connectivity index (χ1v) is 5.96. The molecule has 2 heterocycles. The first-order valence-electron chi connectivity index (χ1n) is 5.96. The van der Waals surface area contributed by atoms with Crippen molar-refractivity contribution in [1.29, 1.82) is 10.5 Å². The van der Waals surface area contributed by atoms with Gasteiger partial charge < -0.3 is 4.57 Å². The number of aromatic nitrogens is 3. The van der Waals surface area contributed by atoms with Crippen LogP contribution in [0.25, 0.3) is 22.6 Å². The lowest BCUT2D eigenvalue weighted by atomic mass is 10.2. The van der Waals surface area contributed by atoms with E-state index in [4.69, 9.17) is 10.5 Å². The Hall–Kier alpha value is -3.18. The van der Waals surface area contributed by atoms with Crippen molar-refractivity contribution in [3.8, 4) is 23.7 Å². The highest BCUT2D eigenvalue weighted by molar-refractivity contribution is 5.81. The highest BCUT2D eigenvalue weighted by Gasteiger charge is 2.11. The van der Waals surface area contributed by atoms with Crippen LogP contribution < -0.4 is 0 Å². The molecular formula is C15H9N5. The number of hydrogen-bond acceptors (Lipinski definition) is 4. The zero-order valence-electron chi connectivity index (χ0n) is 10.7. The zero-order valence-corrected chi connectivity index (χ0v) is 10.7. The summed E-state index contributed by atoms with van der Waals surface area (Å²) in [7, 11) is 1.90. The fourth-order valence-electron chi connectivity index (χ4n) is 2.09.